The summed E-state index contributed by atoms with van der Waals surface area (Å²) in [4.78, 5) is 27.4. The van der Waals surface area contributed by atoms with Crippen molar-refractivity contribution in [2.24, 2.45) is 0 Å². The first-order valence-electron chi connectivity index (χ1n) is 5.82. The summed E-state index contributed by atoms with van der Waals surface area (Å²) in [7, 11) is 3.66. The minimum atomic E-state index is -0.0744. The fourth-order valence-corrected chi connectivity index (χ4v) is 2.16. The number of ketones is 1. The Bertz CT molecular complexity index is 343. The quantitative estimate of drug-likeness (QED) is 0.512. The highest BCUT2D eigenvalue weighted by molar-refractivity contribution is 6.20. The van der Waals surface area contributed by atoms with E-state index in [4.69, 9.17) is 0 Å². The first-order chi connectivity index (χ1) is 7.59. The number of amides is 1. The van der Waals surface area contributed by atoms with E-state index < -0.39 is 0 Å². The van der Waals surface area contributed by atoms with E-state index in [9.17, 15) is 9.59 Å². The summed E-state index contributed by atoms with van der Waals surface area (Å²) in [6.07, 6.45) is 5.51. The highest BCUT2D eigenvalue weighted by Gasteiger charge is 2.36. The molecule has 0 aromatic heterocycles. The Balaban J connectivity index is 2.16. The van der Waals surface area contributed by atoms with Crippen molar-refractivity contribution < 1.29 is 9.59 Å². The molecular formula is C12H18N2O2. The van der Waals surface area contributed by atoms with Gasteiger partial charge in [-0.15, -0.1) is 0 Å². The van der Waals surface area contributed by atoms with Crippen molar-refractivity contribution in [2.75, 3.05) is 20.6 Å². The second-order valence-electron chi connectivity index (χ2n) is 4.76. The lowest BCUT2D eigenvalue weighted by Crippen LogP contribution is -2.49. The Morgan fingerprint density at radius 1 is 1.31 bits per heavy atom. The zero-order valence-corrected chi connectivity index (χ0v) is 9.90. The minimum Gasteiger partial charge on any atom is -0.383 e. The van der Waals surface area contributed by atoms with Crippen molar-refractivity contribution in [3.05, 3.63) is 11.8 Å². The van der Waals surface area contributed by atoms with Crippen molar-refractivity contribution in [1.82, 2.24) is 9.80 Å². The fraction of sp³-hybridized carbons (Fsp3) is 0.667. The van der Waals surface area contributed by atoms with Gasteiger partial charge in [-0.25, -0.2) is 0 Å². The van der Waals surface area contributed by atoms with Crippen LogP contribution in [0.3, 0.4) is 0 Å². The number of nitrogens with zero attached hydrogens (tertiary/aromatic N) is 2. The maximum absolute atomic E-state index is 12.1. The molecule has 2 fully saturated rings. The van der Waals surface area contributed by atoms with Gasteiger partial charge in [-0.3, -0.25) is 9.59 Å². The lowest BCUT2D eigenvalue weighted by Gasteiger charge is -2.40. The molecule has 1 saturated heterocycles. The molecule has 0 unspecified atom stereocenters. The predicted octanol–water partition coefficient (Wildman–Crippen LogP) is 0.786. The third kappa shape index (κ3) is 1.96. The van der Waals surface area contributed by atoms with E-state index in [1.165, 1.54) is 6.42 Å². The summed E-state index contributed by atoms with van der Waals surface area (Å²) >= 11 is 0. The smallest absolute Gasteiger partial charge is 0.259 e. The Morgan fingerprint density at radius 3 is 2.50 bits per heavy atom. The van der Waals surface area contributed by atoms with E-state index in [-0.39, 0.29) is 11.7 Å². The summed E-state index contributed by atoms with van der Waals surface area (Å²) in [5, 5.41) is 0. The van der Waals surface area contributed by atoms with Gasteiger partial charge in [-0.2, -0.15) is 0 Å². The number of Topliss-reactive ketones (excluding diaryl/α,β-unsaturated/α-hetero) is 1. The Hall–Kier alpha value is -1.32. The number of carbonyl (C=O) groups excluding carboxylic acids is 2. The van der Waals surface area contributed by atoms with E-state index >= 15 is 0 Å². The van der Waals surface area contributed by atoms with Crippen LogP contribution in [0.25, 0.3) is 0 Å². The molecule has 0 N–H and O–H groups in total. The van der Waals surface area contributed by atoms with Gasteiger partial charge >= 0.3 is 0 Å². The molecule has 1 amide bonds. The minimum absolute atomic E-state index is 0.0192. The normalized spacial score (nSPS) is 24.9. The maximum atomic E-state index is 12.1. The van der Waals surface area contributed by atoms with Gasteiger partial charge in [0.1, 0.15) is 0 Å². The monoisotopic (exact) mass is 222 g/mol. The average molecular weight is 222 g/mol. The molecule has 0 atom stereocenters. The average Bonchev–Trinajstić information content (AvgIpc) is 2.13. The van der Waals surface area contributed by atoms with Gasteiger partial charge in [0.2, 0.25) is 0 Å². The van der Waals surface area contributed by atoms with E-state index in [1.54, 1.807) is 11.1 Å². The molecular weight excluding hydrogens is 204 g/mol. The molecule has 1 saturated carbocycles. The van der Waals surface area contributed by atoms with Crippen molar-refractivity contribution in [3.8, 4) is 0 Å². The Kier molecular flexibility index (Phi) is 2.99. The summed E-state index contributed by atoms with van der Waals surface area (Å²) in [5.41, 5.74) is 0.350. The van der Waals surface area contributed by atoms with Crippen LogP contribution in [0.2, 0.25) is 0 Å². The van der Waals surface area contributed by atoms with Gasteiger partial charge < -0.3 is 9.80 Å². The van der Waals surface area contributed by atoms with Crippen LogP contribution in [0.1, 0.15) is 25.7 Å². The molecule has 88 valence electrons. The van der Waals surface area contributed by atoms with Crippen molar-refractivity contribution >= 4 is 11.7 Å². The van der Waals surface area contributed by atoms with E-state index in [1.807, 2.05) is 19.0 Å². The molecule has 0 radical (unpaired) electrons. The largest absolute Gasteiger partial charge is 0.383 e. The second-order valence-corrected chi connectivity index (χ2v) is 4.76. The van der Waals surface area contributed by atoms with Gasteiger partial charge in [0.15, 0.2) is 5.78 Å². The molecule has 4 nitrogen and oxygen atoms in total. The summed E-state index contributed by atoms with van der Waals surface area (Å²) < 4.78 is 0. The van der Waals surface area contributed by atoms with Crippen molar-refractivity contribution in [2.45, 2.75) is 31.7 Å². The Labute approximate surface area is 95.9 Å². The first kappa shape index (κ1) is 11.2. The number of hydrogen-bond acceptors (Lipinski definition) is 3. The molecule has 2 rings (SSSR count). The maximum Gasteiger partial charge on any atom is 0.259 e. The SMILES string of the molecule is CN(C)C=C1C(=O)CCN(C2CCC2)C1=O. The summed E-state index contributed by atoms with van der Waals surface area (Å²) in [6.45, 7) is 0.604. The highest BCUT2D eigenvalue weighted by Crippen LogP contribution is 2.28. The van der Waals surface area contributed by atoms with Gasteiger partial charge in [0.25, 0.3) is 5.91 Å². The van der Waals surface area contributed by atoms with E-state index in [2.05, 4.69) is 0 Å². The van der Waals surface area contributed by atoms with Crippen LogP contribution in [0, 0.1) is 0 Å². The summed E-state index contributed by atoms with van der Waals surface area (Å²) in [6, 6.07) is 0.381. The molecule has 0 aromatic carbocycles. The van der Waals surface area contributed by atoms with Crippen LogP contribution in [0.5, 0.6) is 0 Å². The fourth-order valence-electron chi connectivity index (χ4n) is 2.16. The Morgan fingerprint density at radius 2 is 2.00 bits per heavy atom. The second kappa shape index (κ2) is 4.28. The van der Waals surface area contributed by atoms with Crippen LogP contribution in [0.15, 0.2) is 11.8 Å². The number of carbonyl (C=O) groups is 2. The zero-order valence-electron chi connectivity index (χ0n) is 9.90. The van der Waals surface area contributed by atoms with Gasteiger partial charge in [0, 0.05) is 39.3 Å². The summed E-state index contributed by atoms with van der Waals surface area (Å²) in [5.74, 6) is -0.0936. The van der Waals surface area contributed by atoms with Crippen LogP contribution < -0.4 is 0 Å². The predicted molar refractivity (Wildman–Crippen MR) is 60.7 cm³/mol. The van der Waals surface area contributed by atoms with Crippen LogP contribution in [-0.2, 0) is 9.59 Å². The lowest BCUT2D eigenvalue weighted by molar-refractivity contribution is -0.137. The highest BCUT2D eigenvalue weighted by atomic mass is 16.2. The third-order valence-corrected chi connectivity index (χ3v) is 3.27. The third-order valence-electron chi connectivity index (χ3n) is 3.27. The van der Waals surface area contributed by atoms with Crippen LogP contribution in [0.4, 0.5) is 0 Å². The first-order valence-corrected chi connectivity index (χ1v) is 5.82. The van der Waals surface area contributed by atoms with E-state index in [0.717, 1.165) is 12.8 Å². The molecule has 4 heteroatoms. The molecule has 0 bridgehead atoms. The lowest BCUT2D eigenvalue weighted by atomic mass is 9.89. The number of rotatable bonds is 2. The molecule has 1 heterocycles. The zero-order chi connectivity index (χ0) is 11.7. The standard InChI is InChI=1S/C12H18N2O2/c1-13(2)8-10-11(15)6-7-14(12(10)16)9-4-3-5-9/h8-9H,3-7H2,1-2H3. The molecule has 0 aromatic rings. The van der Waals surface area contributed by atoms with Gasteiger partial charge in [0.05, 0.1) is 5.57 Å². The molecule has 1 aliphatic carbocycles. The van der Waals surface area contributed by atoms with Gasteiger partial charge in [-0.05, 0) is 19.3 Å². The molecule has 16 heavy (non-hydrogen) atoms. The molecule has 0 spiro atoms. The van der Waals surface area contributed by atoms with E-state index in [0.29, 0.717) is 24.6 Å². The molecule has 1 aliphatic heterocycles. The topological polar surface area (TPSA) is 40.6 Å². The number of likely N-dealkylation sites (tertiary alicyclic amines) is 1. The van der Waals surface area contributed by atoms with Crippen LogP contribution >= 0.6 is 0 Å². The van der Waals surface area contributed by atoms with Gasteiger partial charge in [-0.1, -0.05) is 0 Å². The van der Waals surface area contributed by atoms with Crippen molar-refractivity contribution in [3.63, 3.8) is 0 Å². The number of piperidine rings is 1. The van der Waals surface area contributed by atoms with Crippen LogP contribution in [-0.4, -0.2) is 48.2 Å². The number of hydrogen-bond donors (Lipinski definition) is 0. The molecule has 2 aliphatic rings. The van der Waals surface area contributed by atoms with Crippen molar-refractivity contribution in [1.29, 1.82) is 0 Å².